The van der Waals surface area contributed by atoms with Gasteiger partial charge in [-0.15, -0.1) is 0 Å². The summed E-state index contributed by atoms with van der Waals surface area (Å²) in [6.07, 6.45) is 7.46. The van der Waals surface area contributed by atoms with Crippen LogP contribution in [0.25, 0.3) is 11.0 Å². The summed E-state index contributed by atoms with van der Waals surface area (Å²) in [5.41, 5.74) is 2.65. The molecule has 1 fully saturated rings. The number of aromatic nitrogens is 2. The number of carbonyl (C=O) groups excluding carboxylic acids is 4. The first-order valence-electron chi connectivity index (χ1n) is 18.5. The van der Waals surface area contributed by atoms with E-state index in [0.717, 1.165) is 60.2 Å². The number of aryl methyl sites for hydroxylation is 1. The third-order valence-electron chi connectivity index (χ3n) is 9.64. The number of fused-ring (bicyclic) bond motifs is 1. The molecule has 1 saturated heterocycles. The zero-order valence-electron chi connectivity index (χ0n) is 31.4. The number of alkyl carbamates (subject to hydrolysis) is 1. The second kappa shape index (κ2) is 19.1. The van der Waals surface area contributed by atoms with Crippen molar-refractivity contribution < 1.29 is 28.7 Å². The van der Waals surface area contributed by atoms with Crippen LogP contribution in [0.3, 0.4) is 0 Å². The molecule has 2 aromatic carbocycles. The monoisotopic (exact) mass is 717 g/mol. The minimum Gasteiger partial charge on any atom is -0.466 e. The van der Waals surface area contributed by atoms with Gasteiger partial charge >= 0.3 is 12.1 Å². The van der Waals surface area contributed by atoms with Crippen molar-refractivity contribution in [2.45, 2.75) is 90.5 Å². The maximum atomic E-state index is 14.0. The summed E-state index contributed by atoms with van der Waals surface area (Å²) in [4.78, 5) is 59.3. The van der Waals surface area contributed by atoms with Crippen molar-refractivity contribution in [1.29, 1.82) is 5.41 Å². The number of hydrogen-bond acceptors (Lipinski definition) is 9. The molecular formula is C39H55N7O6. The second-order valence-corrected chi connectivity index (χ2v) is 13.7. The number of benzene rings is 2. The molecule has 13 heteroatoms. The van der Waals surface area contributed by atoms with Crippen LogP contribution in [0.1, 0.15) is 95.5 Å². The number of carbonyl (C=O) groups is 4. The van der Waals surface area contributed by atoms with Crippen molar-refractivity contribution >= 4 is 46.4 Å². The van der Waals surface area contributed by atoms with Crippen molar-refractivity contribution in [1.82, 2.24) is 24.7 Å². The second-order valence-electron chi connectivity index (χ2n) is 13.7. The summed E-state index contributed by atoms with van der Waals surface area (Å²) in [6.45, 7) is 8.09. The van der Waals surface area contributed by atoms with Crippen LogP contribution in [0.5, 0.6) is 0 Å². The van der Waals surface area contributed by atoms with E-state index in [1.54, 1.807) is 26.1 Å². The van der Waals surface area contributed by atoms with Crippen molar-refractivity contribution in [2.24, 2.45) is 7.05 Å². The highest BCUT2D eigenvalue weighted by molar-refractivity contribution is 6.04. The number of amidine groups is 1. The number of esters is 1. The van der Waals surface area contributed by atoms with Crippen molar-refractivity contribution in [3.8, 4) is 0 Å². The number of unbranched alkanes of at least 4 members (excludes halogenated alkanes) is 5. The third-order valence-corrected chi connectivity index (χ3v) is 9.64. The fraction of sp³-hybridized carbons (Fsp3) is 0.538. The number of likely N-dealkylation sites (N-methyl/N-ethyl adjacent to an activating group) is 1. The molecule has 3 amide bonds. The van der Waals surface area contributed by atoms with E-state index in [2.05, 4.69) is 17.6 Å². The SMILES string of the molecule is CCCCCCCCOC(=O)NC(=N)c1ccc(NCc2nc3cc(C(C)(CN(C)C(=O)CC(=O)OCC)C(=O)N4CCCC4)ccc3n2C)cc1. The lowest BCUT2D eigenvalue weighted by Gasteiger charge is -2.36. The number of ether oxygens (including phenoxy) is 2. The lowest BCUT2D eigenvalue weighted by Crippen LogP contribution is -2.51. The van der Waals surface area contributed by atoms with Crippen LogP contribution in [-0.4, -0.2) is 89.0 Å². The van der Waals surface area contributed by atoms with Crippen molar-refractivity contribution in [3.63, 3.8) is 0 Å². The Balaban J connectivity index is 1.40. The first kappa shape index (κ1) is 39.8. The summed E-state index contributed by atoms with van der Waals surface area (Å²) in [5, 5.41) is 14.2. The standard InChI is InChI=1S/C39H55N7O6/c1-6-8-9-10-11-14-23-52-38(50)43-36(40)28-15-18-30(19-16-28)41-26-33-42-31-24-29(17-20-32(31)45(33)5)39(3,37(49)46-21-12-13-22-46)27-44(4)34(47)25-35(48)51-7-2/h15-20,24,41H,6-14,21-23,25-27H2,1-5H3,(H2,40,43,50). The largest absolute Gasteiger partial charge is 0.466 e. The van der Waals surface area contributed by atoms with Gasteiger partial charge in [0.25, 0.3) is 0 Å². The number of imidazole rings is 1. The van der Waals surface area contributed by atoms with Crippen LogP contribution in [-0.2, 0) is 42.9 Å². The highest BCUT2D eigenvalue weighted by Crippen LogP contribution is 2.32. The number of likely N-dealkylation sites (tertiary alicyclic amines) is 1. The van der Waals surface area contributed by atoms with Gasteiger partial charge in [0, 0.05) is 45.0 Å². The first-order valence-corrected chi connectivity index (χ1v) is 18.5. The molecule has 1 aliphatic rings. The number of hydrogen-bond donors (Lipinski definition) is 3. The summed E-state index contributed by atoms with van der Waals surface area (Å²) >= 11 is 0. The van der Waals surface area contributed by atoms with Crippen LogP contribution in [0.15, 0.2) is 42.5 Å². The molecule has 3 N–H and O–H groups in total. The molecule has 52 heavy (non-hydrogen) atoms. The van der Waals surface area contributed by atoms with E-state index in [-0.39, 0.29) is 31.3 Å². The Kier molecular flexibility index (Phi) is 14.6. The molecule has 2 heterocycles. The molecule has 13 nitrogen and oxygen atoms in total. The number of nitrogens with zero attached hydrogens (tertiary/aromatic N) is 4. The molecule has 3 aromatic rings. The fourth-order valence-electron chi connectivity index (χ4n) is 6.53. The molecule has 1 unspecified atom stereocenters. The molecule has 1 atom stereocenters. The Morgan fingerprint density at radius 3 is 2.35 bits per heavy atom. The summed E-state index contributed by atoms with van der Waals surface area (Å²) in [5.74, 6) is -0.321. The first-order chi connectivity index (χ1) is 25.0. The van der Waals surface area contributed by atoms with Crippen LogP contribution in [0.4, 0.5) is 10.5 Å². The van der Waals surface area contributed by atoms with Gasteiger partial charge in [-0.05, 0) is 75.1 Å². The fourth-order valence-corrected chi connectivity index (χ4v) is 6.53. The summed E-state index contributed by atoms with van der Waals surface area (Å²) in [6, 6.07) is 13.0. The maximum absolute atomic E-state index is 14.0. The third kappa shape index (κ3) is 10.5. The van der Waals surface area contributed by atoms with Gasteiger partial charge < -0.3 is 29.2 Å². The van der Waals surface area contributed by atoms with Crippen LogP contribution < -0.4 is 10.6 Å². The van der Waals surface area contributed by atoms with Gasteiger partial charge in [0.1, 0.15) is 18.1 Å². The molecule has 282 valence electrons. The molecular weight excluding hydrogens is 662 g/mol. The lowest BCUT2D eigenvalue weighted by atomic mass is 9.80. The molecule has 0 bridgehead atoms. The highest BCUT2D eigenvalue weighted by atomic mass is 16.5. The summed E-state index contributed by atoms with van der Waals surface area (Å²) in [7, 11) is 3.54. The Hall–Kier alpha value is -4.94. The Morgan fingerprint density at radius 1 is 0.962 bits per heavy atom. The molecule has 0 spiro atoms. The molecule has 0 aliphatic carbocycles. The average Bonchev–Trinajstić information content (AvgIpc) is 3.78. The van der Waals surface area contributed by atoms with Crippen LogP contribution >= 0.6 is 0 Å². The van der Waals surface area contributed by atoms with Gasteiger partial charge in [-0.25, -0.2) is 9.78 Å². The quantitative estimate of drug-likeness (QED) is 0.0483. The van der Waals surface area contributed by atoms with E-state index in [9.17, 15) is 19.2 Å². The van der Waals surface area contributed by atoms with Crippen LogP contribution in [0, 0.1) is 5.41 Å². The van der Waals surface area contributed by atoms with Crippen molar-refractivity contribution in [3.05, 3.63) is 59.4 Å². The van der Waals surface area contributed by atoms with E-state index in [0.29, 0.717) is 31.8 Å². The number of rotatable bonds is 18. The zero-order chi connectivity index (χ0) is 37.7. The van der Waals surface area contributed by atoms with Crippen LogP contribution in [0.2, 0.25) is 0 Å². The normalized spacial score (nSPS) is 13.8. The van der Waals surface area contributed by atoms with Gasteiger partial charge in [0.15, 0.2) is 0 Å². The molecule has 4 rings (SSSR count). The van der Waals surface area contributed by atoms with E-state index >= 15 is 0 Å². The molecule has 0 saturated carbocycles. The summed E-state index contributed by atoms with van der Waals surface area (Å²) < 4.78 is 12.2. The van der Waals surface area contributed by atoms with E-state index < -0.39 is 23.4 Å². The van der Waals surface area contributed by atoms with E-state index in [4.69, 9.17) is 19.9 Å². The Labute approximate surface area is 306 Å². The lowest BCUT2D eigenvalue weighted by molar-refractivity contribution is -0.148. The van der Waals surface area contributed by atoms with E-state index in [1.165, 1.54) is 24.2 Å². The number of amides is 3. The predicted molar refractivity (Wildman–Crippen MR) is 201 cm³/mol. The molecule has 1 aromatic heterocycles. The minimum absolute atomic E-state index is 0.0320. The minimum atomic E-state index is -1.07. The van der Waals surface area contributed by atoms with Crippen molar-refractivity contribution in [2.75, 3.05) is 45.2 Å². The highest BCUT2D eigenvalue weighted by Gasteiger charge is 2.41. The zero-order valence-corrected chi connectivity index (χ0v) is 31.4. The molecule has 0 radical (unpaired) electrons. The van der Waals surface area contributed by atoms with Gasteiger partial charge in [-0.2, -0.15) is 0 Å². The predicted octanol–water partition coefficient (Wildman–Crippen LogP) is 5.89. The Morgan fingerprint density at radius 2 is 1.65 bits per heavy atom. The smallest absolute Gasteiger partial charge is 0.412 e. The van der Waals surface area contributed by atoms with Gasteiger partial charge in [-0.1, -0.05) is 45.1 Å². The maximum Gasteiger partial charge on any atom is 0.412 e. The number of anilines is 1. The number of nitrogens with one attached hydrogen (secondary N) is 3. The Bertz CT molecular complexity index is 1700. The van der Waals surface area contributed by atoms with E-state index in [1.807, 2.05) is 53.8 Å². The average molecular weight is 718 g/mol. The molecule has 1 aliphatic heterocycles. The van der Waals surface area contributed by atoms with Gasteiger partial charge in [0.05, 0.1) is 36.2 Å². The van der Waals surface area contributed by atoms with Gasteiger partial charge in [0.2, 0.25) is 11.8 Å². The topological polar surface area (TPSA) is 159 Å². The van der Waals surface area contributed by atoms with Gasteiger partial charge in [-0.3, -0.25) is 25.1 Å².